The van der Waals surface area contributed by atoms with Gasteiger partial charge in [0.05, 0.1) is 13.2 Å². The number of aliphatic hydroxyl groups excluding tert-OH is 1. The van der Waals surface area contributed by atoms with Crippen LogP contribution in [0.3, 0.4) is 0 Å². The van der Waals surface area contributed by atoms with Crippen LogP contribution in [0.4, 0.5) is 0 Å². The first kappa shape index (κ1) is 13.8. The average Bonchev–Trinajstić information content (AvgIpc) is 2.72. The van der Waals surface area contributed by atoms with Crippen molar-refractivity contribution >= 4 is 5.97 Å². The maximum absolute atomic E-state index is 11.7. The Kier molecular flexibility index (Phi) is 4.62. The molecule has 1 heterocycles. The Morgan fingerprint density at radius 2 is 2.11 bits per heavy atom. The smallest absolute Gasteiger partial charge is 0.323 e. The normalized spacial score (nSPS) is 37.7. The standard InChI is InChI=1S/C14H25NO3/c1-10-5-3-4-6-11(10)8-15-9-12(16)7-13(15)14(17)18-2/h10-13,16H,3-9H2,1-2H3/t10-,11+,12+,13+/m1/s1. The van der Waals surface area contributed by atoms with E-state index < -0.39 is 0 Å². The lowest BCUT2D eigenvalue weighted by atomic mass is 9.80. The first-order valence-electron chi connectivity index (χ1n) is 7.11. The van der Waals surface area contributed by atoms with Crippen molar-refractivity contribution in [3.8, 4) is 0 Å². The van der Waals surface area contributed by atoms with Gasteiger partial charge in [-0.2, -0.15) is 0 Å². The lowest BCUT2D eigenvalue weighted by Crippen LogP contribution is -2.41. The van der Waals surface area contributed by atoms with Gasteiger partial charge in [0, 0.05) is 19.5 Å². The number of hydrogen-bond acceptors (Lipinski definition) is 4. The van der Waals surface area contributed by atoms with Crippen molar-refractivity contribution in [2.75, 3.05) is 20.2 Å². The number of carbonyl (C=O) groups is 1. The quantitative estimate of drug-likeness (QED) is 0.775. The summed E-state index contributed by atoms with van der Waals surface area (Å²) >= 11 is 0. The third kappa shape index (κ3) is 3.04. The molecule has 1 N–H and O–H groups in total. The average molecular weight is 255 g/mol. The van der Waals surface area contributed by atoms with Crippen LogP contribution in [-0.2, 0) is 9.53 Å². The number of hydrogen-bond donors (Lipinski definition) is 1. The van der Waals surface area contributed by atoms with Gasteiger partial charge in [-0.05, 0) is 18.3 Å². The maximum Gasteiger partial charge on any atom is 0.323 e. The topological polar surface area (TPSA) is 49.8 Å². The van der Waals surface area contributed by atoms with Crippen molar-refractivity contribution in [1.82, 2.24) is 4.90 Å². The van der Waals surface area contributed by atoms with E-state index >= 15 is 0 Å². The molecule has 0 spiro atoms. The molecule has 4 nitrogen and oxygen atoms in total. The summed E-state index contributed by atoms with van der Waals surface area (Å²) in [6.45, 7) is 3.85. The summed E-state index contributed by atoms with van der Waals surface area (Å²) in [4.78, 5) is 13.8. The zero-order chi connectivity index (χ0) is 13.1. The molecule has 1 aliphatic carbocycles. The molecular weight excluding hydrogens is 230 g/mol. The molecule has 1 saturated heterocycles. The fourth-order valence-corrected chi connectivity index (χ4v) is 3.43. The van der Waals surface area contributed by atoms with E-state index in [0.29, 0.717) is 18.9 Å². The molecule has 1 aliphatic heterocycles. The highest BCUT2D eigenvalue weighted by Gasteiger charge is 2.38. The molecule has 104 valence electrons. The first-order chi connectivity index (χ1) is 8.61. The van der Waals surface area contributed by atoms with E-state index in [9.17, 15) is 9.90 Å². The number of carbonyl (C=O) groups excluding carboxylic acids is 1. The van der Waals surface area contributed by atoms with Gasteiger partial charge in [0.25, 0.3) is 0 Å². The van der Waals surface area contributed by atoms with Crippen LogP contribution >= 0.6 is 0 Å². The van der Waals surface area contributed by atoms with Gasteiger partial charge >= 0.3 is 5.97 Å². The maximum atomic E-state index is 11.7. The zero-order valence-electron chi connectivity index (χ0n) is 11.5. The Balaban J connectivity index is 1.95. The highest BCUT2D eigenvalue weighted by atomic mass is 16.5. The molecule has 0 bridgehead atoms. The molecule has 0 unspecified atom stereocenters. The van der Waals surface area contributed by atoms with Crippen LogP contribution in [0.15, 0.2) is 0 Å². The molecule has 2 rings (SSSR count). The molecule has 18 heavy (non-hydrogen) atoms. The molecule has 0 aromatic rings. The second-order valence-electron chi connectivity index (χ2n) is 5.90. The molecule has 2 aliphatic rings. The first-order valence-corrected chi connectivity index (χ1v) is 7.11. The lowest BCUT2D eigenvalue weighted by Gasteiger charge is -2.33. The molecular formula is C14H25NO3. The number of nitrogens with zero attached hydrogens (tertiary/aromatic N) is 1. The largest absolute Gasteiger partial charge is 0.468 e. The van der Waals surface area contributed by atoms with Gasteiger partial charge in [-0.3, -0.25) is 9.69 Å². The fourth-order valence-electron chi connectivity index (χ4n) is 3.43. The molecule has 4 atom stereocenters. The lowest BCUT2D eigenvalue weighted by molar-refractivity contribution is -0.146. The Hall–Kier alpha value is -0.610. The summed E-state index contributed by atoms with van der Waals surface area (Å²) in [6.07, 6.45) is 5.32. The van der Waals surface area contributed by atoms with Crippen molar-refractivity contribution in [3.63, 3.8) is 0 Å². The number of methoxy groups -OCH3 is 1. The second-order valence-corrected chi connectivity index (χ2v) is 5.90. The van der Waals surface area contributed by atoms with Gasteiger partial charge in [-0.1, -0.05) is 26.2 Å². The molecule has 2 fully saturated rings. The van der Waals surface area contributed by atoms with Crippen molar-refractivity contribution < 1.29 is 14.6 Å². The number of aliphatic hydroxyl groups is 1. The molecule has 0 aromatic carbocycles. The zero-order valence-corrected chi connectivity index (χ0v) is 11.5. The van der Waals surface area contributed by atoms with Crippen LogP contribution in [0.2, 0.25) is 0 Å². The Morgan fingerprint density at radius 3 is 2.78 bits per heavy atom. The fraction of sp³-hybridized carbons (Fsp3) is 0.929. The minimum atomic E-state index is -0.381. The minimum Gasteiger partial charge on any atom is -0.468 e. The van der Waals surface area contributed by atoms with Crippen LogP contribution in [0.1, 0.15) is 39.0 Å². The summed E-state index contributed by atoms with van der Waals surface area (Å²) in [5.74, 6) is 1.20. The molecule has 4 heteroatoms. The van der Waals surface area contributed by atoms with Crippen molar-refractivity contribution in [2.45, 2.75) is 51.2 Å². The summed E-state index contributed by atoms with van der Waals surface area (Å²) in [5.41, 5.74) is 0. The second kappa shape index (κ2) is 6.02. The number of likely N-dealkylation sites (tertiary alicyclic amines) is 1. The van der Waals surface area contributed by atoms with Crippen molar-refractivity contribution in [1.29, 1.82) is 0 Å². The molecule has 0 aromatic heterocycles. The Labute approximate surface area is 109 Å². The predicted molar refractivity (Wildman–Crippen MR) is 69.1 cm³/mol. The highest BCUT2D eigenvalue weighted by molar-refractivity contribution is 5.76. The van der Waals surface area contributed by atoms with E-state index in [4.69, 9.17) is 4.74 Å². The Morgan fingerprint density at radius 1 is 1.39 bits per heavy atom. The van der Waals surface area contributed by atoms with Crippen LogP contribution in [0.5, 0.6) is 0 Å². The highest BCUT2D eigenvalue weighted by Crippen LogP contribution is 2.32. The van der Waals surface area contributed by atoms with E-state index in [1.807, 2.05) is 0 Å². The van der Waals surface area contributed by atoms with Crippen LogP contribution in [-0.4, -0.2) is 48.3 Å². The SMILES string of the molecule is COC(=O)[C@@H]1C[C@H](O)CN1C[C@@H]1CCCC[C@H]1C. The van der Waals surface area contributed by atoms with Gasteiger partial charge in [0.15, 0.2) is 0 Å². The van der Waals surface area contributed by atoms with Crippen LogP contribution < -0.4 is 0 Å². The van der Waals surface area contributed by atoms with E-state index in [1.165, 1.54) is 32.8 Å². The van der Waals surface area contributed by atoms with E-state index in [2.05, 4.69) is 11.8 Å². The number of esters is 1. The van der Waals surface area contributed by atoms with E-state index in [-0.39, 0.29) is 18.1 Å². The number of ether oxygens (including phenoxy) is 1. The van der Waals surface area contributed by atoms with Crippen molar-refractivity contribution in [3.05, 3.63) is 0 Å². The van der Waals surface area contributed by atoms with Crippen LogP contribution in [0, 0.1) is 11.8 Å². The van der Waals surface area contributed by atoms with Gasteiger partial charge in [0.2, 0.25) is 0 Å². The summed E-state index contributed by atoms with van der Waals surface area (Å²) in [7, 11) is 1.43. The minimum absolute atomic E-state index is 0.199. The van der Waals surface area contributed by atoms with Crippen molar-refractivity contribution in [2.24, 2.45) is 11.8 Å². The Bertz CT molecular complexity index is 295. The van der Waals surface area contributed by atoms with Gasteiger partial charge < -0.3 is 9.84 Å². The summed E-state index contributed by atoms with van der Waals surface area (Å²) in [6, 6.07) is -0.237. The third-order valence-electron chi connectivity index (χ3n) is 4.61. The van der Waals surface area contributed by atoms with Gasteiger partial charge in [-0.25, -0.2) is 0 Å². The third-order valence-corrected chi connectivity index (χ3v) is 4.61. The molecule has 0 amide bonds. The van der Waals surface area contributed by atoms with Crippen LogP contribution in [0.25, 0.3) is 0 Å². The predicted octanol–water partition coefficient (Wildman–Crippen LogP) is 1.42. The number of rotatable bonds is 3. The molecule has 0 radical (unpaired) electrons. The van der Waals surface area contributed by atoms with Gasteiger partial charge in [-0.15, -0.1) is 0 Å². The number of β-amino-alcohol motifs (C(OH)–C–C–N with tert-alkyl or cyclic N) is 1. The van der Waals surface area contributed by atoms with E-state index in [1.54, 1.807) is 0 Å². The summed E-state index contributed by atoms with van der Waals surface area (Å²) in [5, 5.41) is 9.76. The van der Waals surface area contributed by atoms with Gasteiger partial charge in [0.1, 0.15) is 6.04 Å². The molecule has 1 saturated carbocycles. The van der Waals surface area contributed by atoms with E-state index in [0.717, 1.165) is 12.5 Å². The monoisotopic (exact) mass is 255 g/mol. The summed E-state index contributed by atoms with van der Waals surface area (Å²) < 4.78 is 4.84.